The third kappa shape index (κ3) is 5.31. The van der Waals surface area contributed by atoms with Crippen LogP contribution >= 0.6 is 23.4 Å². The zero-order valence-electron chi connectivity index (χ0n) is 10.2. The Morgan fingerprint density at radius 2 is 2.10 bits per heavy atom. The number of carbonyl (C=O) groups is 1. The quantitative estimate of drug-likeness (QED) is 0.371. The first-order valence-corrected chi connectivity index (χ1v) is 6.70. The van der Waals surface area contributed by atoms with E-state index in [0.717, 1.165) is 12.1 Å². The minimum atomic E-state index is -4.39. The van der Waals surface area contributed by atoms with Crippen molar-refractivity contribution in [3.05, 3.63) is 32.8 Å². The number of hydrogen-bond acceptors (Lipinski definition) is 5. The van der Waals surface area contributed by atoms with Gasteiger partial charge >= 0.3 is 5.51 Å². The monoisotopic (exact) mass is 343 g/mol. The summed E-state index contributed by atoms with van der Waals surface area (Å²) in [5, 5.41) is 12.7. The van der Waals surface area contributed by atoms with Gasteiger partial charge in [0.1, 0.15) is 0 Å². The maximum absolute atomic E-state index is 11.9. The third-order valence-corrected chi connectivity index (χ3v) is 3.27. The Bertz CT molecular complexity index is 568. The fraction of sp³-hybridized carbons (Fsp3) is 0.300. The smallest absolute Gasteiger partial charge is 0.397 e. The SMILES string of the molecule is Nc1c(Cl)cc([N+](=O)[O-])cc1C(=O)NCCSC(F)(F)F. The normalized spacial score (nSPS) is 11.2. The van der Waals surface area contributed by atoms with Crippen LogP contribution in [-0.4, -0.2) is 28.6 Å². The number of nitro benzene ring substituents is 1. The number of halogens is 4. The molecule has 0 bridgehead atoms. The molecule has 6 nitrogen and oxygen atoms in total. The summed E-state index contributed by atoms with van der Waals surface area (Å²) < 4.78 is 35.7. The molecule has 3 N–H and O–H groups in total. The first kappa shape index (κ1) is 17.4. The van der Waals surface area contributed by atoms with Crippen molar-refractivity contribution in [2.45, 2.75) is 5.51 Å². The third-order valence-electron chi connectivity index (χ3n) is 2.22. The standard InChI is InChI=1S/C10H9ClF3N3O3S/c11-7-4-5(17(19)20)3-6(8(7)15)9(18)16-1-2-21-10(12,13)14/h3-4H,1-2,15H2,(H,16,18). The van der Waals surface area contributed by atoms with Crippen LogP contribution in [0.3, 0.4) is 0 Å². The van der Waals surface area contributed by atoms with Gasteiger partial charge in [0.05, 0.1) is 21.2 Å². The van der Waals surface area contributed by atoms with Gasteiger partial charge in [-0.25, -0.2) is 0 Å². The minimum Gasteiger partial charge on any atom is -0.397 e. The van der Waals surface area contributed by atoms with Gasteiger partial charge in [-0.2, -0.15) is 13.2 Å². The highest BCUT2D eigenvalue weighted by molar-refractivity contribution is 8.00. The van der Waals surface area contributed by atoms with Gasteiger partial charge in [0.25, 0.3) is 11.6 Å². The van der Waals surface area contributed by atoms with E-state index in [4.69, 9.17) is 17.3 Å². The summed E-state index contributed by atoms with van der Waals surface area (Å²) in [5.41, 5.74) is 0.259. The van der Waals surface area contributed by atoms with Crippen LogP contribution in [0.1, 0.15) is 10.4 Å². The maximum Gasteiger partial charge on any atom is 0.441 e. The van der Waals surface area contributed by atoms with Crippen LogP contribution in [0, 0.1) is 10.1 Å². The molecule has 0 aromatic heterocycles. The molecule has 116 valence electrons. The van der Waals surface area contributed by atoms with Gasteiger partial charge in [-0.05, 0) is 11.8 Å². The minimum absolute atomic E-state index is 0.178. The van der Waals surface area contributed by atoms with Gasteiger partial charge in [0.15, 0.2) is 0 Å². The topological polar surface area (TPSA) is 98.3 Å². The van der Waals surface area contributed by atoms with Crippen molar-refractivity contribution < 1.29 is 22.9 Å². The van der Waals surface area contributed by atoms with Crippen LogP contribution in [0.5, 0.6) is 0 Å². The van der Waals surface area contributed by atoms with E-state index in [9.17, 15) is 28.1 Å². The largest absolute Gasteiger partial charge is 0.441 e. The Morgan fingerprint density at radius 3 is 2.62 bits per heavy atom. The number of nitrogens with one attached hydrogen (secondary N) is 1. The number of carbonyl (C=O) groups excluding carboxylic acids is 1. The predicted molar refractivity (Wildman–Crippen MR) is 73.4 cm³/mol. The van der Waals surface area contributed by atoms with Crippen LogP contribution in [0.15, 0.2) is 12.1 Å². The molecular weight excluding hydrogens is 335 g/mol. The van der Waals surface area contributed by atoms with Crippen LogP contribution < -0.4 is 11.1 Å². The first-order chi connectivity index (χ1) is 9.61. The molecule has 21 heavy (non-hydrogen) atoms. The molecule has 0 fully saturated rings. The highest BCUT2D eigenvalue weighted by Gasteiger charge is 2.27. The van der Waals surface area contributed by atoms with Crippen molar-refractivity contribution in [3.63, 3.8) is 0 Å². The summed E-state index contributed by atoms with van der Waals surface area (Å²) in [4.78, 5) is 21.6. The second-order valence-electron chi connectivity index (χ2n) is 3.70. The average Bonchev–Trinajstić information content (AvgIpc) is 2.36. The summed E-state index contributed by atoms with van der Waals surface area (Å²) in [7, 11) is 0. The zero-order valence-corrected chi connectivity index (χ0v) is 11.8. The van der Waals surface area contributed by atoms with E-state index in [1.165, 1.54) is 0 Å². The van der Waals surface area contributed by atoms with E-state index in [2.05, 4.69) is 5.32 Å². The zero-order chi connectivity index (χ0) is 16.2. The number of nitrogens with two attached hydrogens (primary N) is 1. The molecule has 0 saturated heterocycles. The van der Waals surface area contributed by atoms with E-state index < -0.39 is 27.8 Å². The Labute approximate surface area is 126 Å². The van der Waals surface area contributed by atoms with Crippen molar-refractivity contribution in [1.29, 1.82) is 0 Å². The average molecular weight is 344 g/mol. The van der Waals surface area contributed by atoms with Crippen LogP contribution in [0.2, 0.25) is 5.02 Å². The molecular formula is C10H9ClF3N3O3S. The fourth-order valence-electron chi connectivity index (χ4n) is 1.32. The highest BCUT2D eigenvalue weighted by atomic mass is 35.5. The summed E-state index contributed by atoms with van der Waals surface area (Å²) in [6.07, 6.45) is 0. The Morgan fingerprint density at radius 1 is 1.48 bits per heavy atom. The van der Waals surface area contributed by atoms with Crippen molar-refractivity contribution in [1.82, 2.24) is 5.32 Å². The Hall–Kier alpha value is -1.68. The van der Waals surface area contributed by atoms with E-state index in [1.807, 2.05) is 0 Å². The molecule has 0 saturated carbocycles. The summed E-state index contributed by atoms with van der Waals surface area (Å²) in [6, 6.07) is 1.89. The number of nitrogens with zero attached hydrogens (tertiary/aromatic N) is 1. The molecule has 0 unspecified atom stereocenters. The van der Waals surface area contributed by atoms with E-state index in [0.29, 0.717) is 0 Å². The number of nitro groups is 1. The van der Waals surface area contributed by atoms with Crippen molar-refractivity contribution in [2.24, 2.45) is 0 Å². The maximum atomic E-state index is 11.9. The first-order valence-electron chi connectivity index (χ1n) is 5.34. The van der Waals surface area contributed by atoms with Crippen LogP contribution in [0.25, 0.3) is 0 Å². The molecule has 0 heterocycles. The van der Waals surface area contributed by atoms with Crippen molar-refractivity contribution in [3.8, 4) is 0 Å². The molecule has 0 atom stereocenters. The Kier molecular flexibility index (Phi) is 5.67. The second kappa shape index (κ2) is 6.85. The fourth-order valence-corrected chi connectivity index (χ4v) is 1.97. The molecule has 0 aliphatic carbocycles. The lowest BCUT2D eigenvalue weighted by Gasteiger charge is -2.09. The van der Waals surface area contributed by atoms with Gasteiger partial charge < -0.3 is 11.1 Å². The van der Waals surface area contributed by atoms with Crippen LogP contribution in [0.4, 0.5) is 24.5 Å². The van der Waals surface area contributed by atoms with E-state index >= 15 is 0 Å². The molecule has 1 aromatic carbocycles. The van der Waals surface area contributed by atoms with Crippen molar-refractivity contribution in [2.75, 3.05) is 18.0 Å². The summed E-state index contributed by atoms with van der Waals surface area (Å²) >= 11 is 5.37. The van der Waals surface area contributed by atoms with Gasteiger partial charge in [0, 0.05) is 24.4 Å². The number of non-ortho nitro benzene ring substituents is 1. The lowest BCUT2D eigenvalue weighted by molar-refractivity contribution is -0.384. The number of alkyl halides is 3. The number of anilines is 1. The number of hydrogen-bond donors (Lipinski definition) is 2. The summed E-state index contributed by atoms with van der Waals surface area (Å²) in [6.45, 7) is -0.275. The number of thioether (sulfide) groups is 1. The second-order valence-corrected chi connectivity index (χ2v) is 5.26. The lowest BCUT2D eigenvalue weighted by Crippen LogP contribution is -2.27. The van der Waals surface area contributed by atoms with Crippen LogP contribution in [-0.2, 0) is 0 Å². The van der Waals surface area contributed by atoms with Gasteiger partial charge in [-0.15, -0.1) is 0 Å². The molecule has 0 spiro atoms. The molecule has 0 aliphatic heterocycles. The molecule has 0 radical (unpaired) electrons. The molecule has 1 rings (SSSR count). The molecule has 1 aromatic rings. The number of amides is 1. The number of rotatable bonds is 5. The van der Waals surface area contributed by atoms with Gasteiger partial charge in [-0.3, -0.25) is 14.9 Å². The highest BCUT2D eigenvalue weighted by Crippen LogP contribution is 2.30. The summed E-state index contributed by atoms with van der Waals surface area (Å²) in [5.74, 6) is -1.22. The van der Waals surface area contributed by atoms with Crippen molar-refractivity contribution >= 4 is 40.6 Å². The van der Waals surface area contributed by atoms with Gasteiger partial charge in [-0.1, -0.05) is 11.6 Å². The molecule has 11 heteroatoms. The number of benzene rings is 1. The number of nitrogen functional groups attached to an aromatic ring is 1. The van der Waals surface area contributed by atoms with E-state index in [1.54, 1.807) is 0 Å². The van der Waals surface area contributed by atoms with E-state index in [-0.39, 0.29) is 34.6 Å². The molecule has 0 aliphatic rings. The lowest BCUT2D eigenvalue weighted by atomic mass is 10.1. The predicted octanol–water partition coefficient (Wildman–Crippen LogP) is 2.81. The van der Waals surface area contributed by atoms with Gasteiger partial charge in [0.2, 0.25) is 0 Å². The Balaban J connectivity index is 2.76. The molecule has 1 amide bonds.